The van der Waals surface area contributed by atoms with Crippen LogP contribution in [0, 0.1) is 5.92 Å². The van der Waals surface area contributed by atoms with Gasteiger partial charge in [0.1, 0.15) is 6.17 Å². The minimum atomic E-state index is -1.06. The van der Waals surface area contributed by atoms with Crippen molar-refractivity contribution in [1.82, 2.24) is 25.8 Å². The van der Waals surface area contributed by atoms with Crippen molar-refractivity contribution in [2.45, 2.75) is 93.6 Å². The van der Waals surface area contributed by atoms with E-state index in [1.54, 1.807) is 0 Å². The fraction of sp³-hybridized carbons (Fsp3) is 0.760. The summed E-state index contributed by atoms with van der Waals surface area (Å²) in [5.41, 5.74) is 1.13. The van der Waals surface area contributed by atoms with Crippen LogP contribution in [-0.2, 0) is 11.3 Å². The Morgan fingerprint density at radius 3 is 2.70 bits per heavy atom. The smallest absolute Gasteiger partial charge is 0.228 e. The van der Waals surface area contributed by atoms with Gasteiger partial charge in [-0.3, -0.25) is 20.0 Å². The third-order valence-corrected chi connectivity index (χ3v) is 9.35. The molecule has 5 rings (SSSR count). The highest BCUT2D eigenvalue weighted by molar-refractivity contribution is 7.99. The zero-order valence-electron chi connectivity index (χ0n) is 19.4. The lowest BCUT2D eigenvalue weighted by molar-refractivity contribution is -0.133. The van der Waals surface area contributed by atoms with Gasteiger partial charge < -0.3 is 10.6 Å². The first kappa shape index (κ1) is 23.5. The second kappa shape index (κ2) is 11.0. The highest BCUT2D eigenvalue weighted by Gasteiger charge is 2.46. The molecule has 4 fully saturated rings. The molecule has 3 heterocycles. The number of piperidine rings is 1. The van der Waals surface area contributed by atoms with Crippen molar-refractivity contribution >= 4 is 17.7 Å². The number of nitrogens with zero attached hydrogens (tertiary/aromatic N) is 2. The Balaban J connectivity index is 1.07. The molecule has 33 heavy (non-hydrogen) atoms. The van der Waals surface area contributed by atoms with Crippen molar-refractivity contribution < 1.29 is 9.18 Å². The molecule has 2 saturated heterocycles. The number of carbonyl (C=O) groups excluding carboxylic acids is 1. The summed E-state index contributed by atoms with van der Waals surface area (Å²) < 4.78 is 14.9. The fourth-order valence-electron chi connectivity index (χ4n) is 6.15. The summed E-state index contributed by atoms with van der Waals surface area (Å²) in [6.45, 7) is 3.09. The number of halogens is 1. The second-order valence-corrected chi connectivity index (χ2v) is 11.7. The normalized spacial score (nSPS) is 34.2. The lowest BCUT2D eigenvalue weighted by Crippen LogP contribution is -2.67. The molecule has 5 atom stereocenters. The van der Waals surface area contributed by atoms with Gasteiger partial charge in [-0.05, 0) is 63.7 Å². The van der Waals surface area contributed by atoms with E-state index in [4.69, 9.17) is 0 Å². The molecule has 0 spiro atoms. The molecule has 1 aromatic rings. The lowest BCUT2D eigenvalue weighted by atomic mass is 9.78. The molecule has 3 N–H and O–H groups in total. The Morgan fingerprint density at radius 1 is 1.12 bits per heavy atom. The van der Waals surface area contributed by atoms with E-state index in [1.807, 2.05) is 30.1 Å². The molecule has 182 valence electrons. The SMILES string of the molecule is O=C1NC(CSC2CCN(Cc3ccccn3)CC2)NC2CC(NC3CCCC3)CC(F)C12. The van der Waals surface area contributed by atoms with Gasteiger partial charge in [0, 0.05) is 41.9 Å². The molecule has 0 radical (unpaired) electrons. The molecular formula is C25H38FN5OS. The largest absolute Gasteiger partial charge is 0.340 e. The molecule has 6 nitrogen and oxygen atoms in total. The van der Waals surface area contributed by atoms with Gasteiger partial charge in [-0.2, -0.15) is 11.8 Å². The molecule has 4 aliphatic rings. The molecule has 5 unspecified atom stereocenters. The predicted octanol–water partition coefficient (Wildman–Crippen LogP) is 2.84. The maximum Gasteiger partial charge on any atom is 0.228 e. The summed E-state index contributed by atoms with van der Waals surface area (Å²) in [7, 11) is 0. The number of aromatic nitrogens is 1. The number of pyridine rings is 1. The Kier molecular flexibility index (Phi) is 7.85. The standard InChI is InChI=1S/C25H38FN5OS/c26-21-13-19(28-17-5-1-2-6-17)14-22-24(21)25(32)30-23(29-22)16-33-20-8-11-31(12-9-20)15-18-7-3-4-10-27-18/h3-4,7,10,17,19-24,28-29H,1-2,5-6,8-9,11-16H2,(H,30,32). The van der Waals surface area contributed by atoms with Crippen molar-refractivity contribution in [1.29, 1.82) is 0 Å². The van der Waals surface area contributed by atoms with Crippen LogP contribution in [-0.4, -0.2) is 70.3 Å². The van der Waals surface area contributed by atoms with E-state index in [-0.39, 0.29) is 24.2 Å². The van der Waals surface area contributed by atoms with Gasteiger partial charge in [-0.15, -0.1) is 0 Å². The molecule has 1 amide bonds. The van der Waals surface area contributed by atoms with Crippen LogP contribution in [0.5, 0.6) is 0 Å². The fourth-order valence-corrected chi connectivity index (χ4v) is 7.33. The predicted molar refractivity (Wildman–Crippen MR) is 131 cm³/mol. The number of amides is 1. The van der Waals surface area contributed by atoms with Crippen LogP contribution in [0.4, 0.5) is 4.39 Å². The number of nitrogens with one attached hydrogen (secondary N) is 3. The number of fused-ring (bicyclic) bond motifs is 1. The number of carbonyl (C=O) groups is 1. The van der Waals surface area contributed by atoms with Gasteiger partial charge in [0.25, 0.3) is 0 Å². The first-order valence-electron chi connectivity index (χ1n) is 12.8. The summed E-state index contributed by atoms with van der Waals surface area (Å²) in [4.78, 5) is 19.7. The van der Waals surface area contributed by atoms with Crippen LogP contribution in [0.2, 0.25) is 0 Å². The van der Waals surface area contributed by atoms with Crippen molar-refractivity contribution in [2.75, 3.05) is 18.8 Å². The van der Waals surface area contributed by atoms with Gasteiger partial charge in [0.15, 0.2) is 0 Å². The third kappa shape index (κ3) is 6.08. The highest BCUT2D eigenvalue weighted by atomic mass is 32.2. The van der Waals surface area contributed by atoms with E-state index < -0.39 is 12.1 Å². The first-order valence-corrected chi connectivity index (χ1v) is 13.9. The van der Waals surface area contributed by atoms with E-state index in [1.165, 1.54) is 25.7 Å². The van der Waals surface area contributed by atoms with E-state index in [0.29, 0.717) is 17.7 Å². The van der Waals surface area contributed by atoms with Crippen LogP contribution in [0.1, 0.15) is 57.1 Å². The average Bonchev–Trinajstić information content (AvgIpc) is 3.32. The summed E-state index contributed by atoms with van der Waals surface area (Å²) in [6, 6.07) is 6.75. The molecular weight excluding hydrogens is 437 g/mol. The van der Waals surface area contributed by atoms with Crippen LogP contribution in [0.3, 0.4) is 0 Å². The quantitative estimate of drug-likeness (QED) is 0.564. The average molecular weight is 476 g/mol. The Labute approximate surface area is 201 Å². The van der Waals surface area contributed by atoms with E-state index in [9.17, 15) is 9.18 Å². The summed E-state index contributed by atoms with van der Waals surface area (Å²) >= 11 is 1.95. The van der Waals surface area contributed by atoms with Crippen LogP contribution < -0.4 is 16.0 Å². The Morgan fingerprint density at radius 2 is 1.94 bits per heavy atom. The van der Waals surface area contributed by atoms with Crippen molar-refractivity contribution in [3.63, 3.8) is 0 Å². The zero-order valence-corrected chi connectivity index (χ0v) is 20.2. The molecule has 2 aliphatic heterocycles. The first-order chi connectivity index (χ1) is 16.1. The lowest BCUT2D eigenvalue weighted by Gasteiger charge is -2.45. The number of alkyl halides is 1. The van der Waals surface area contributed by atoms with Gasteiger partial charge >= 0.3 is 0 Å². The molecule has 8 heteroatoms. The third-order valence-electron chi connectivity index (χ3n) is 7.88. The second-order valence-electron chi connectivity index (χ2n) is 10.3. The van der Waals surface area contributed by atoms with Crippen LogP contribution >= 0.6 is 11.8 Å². The number of hydrogen-bond donors (Lipinski definition) is 3. The van der Waals surface area contributed by atoms with Gasteiger partial charge in [-0.1, -0.05) is 18.9 Å². The minimum Gasteiger partial charge on any atom is -0.340 e. The molecule has 2 aliphatic carbocycles. The minimum absolute atomic E-state index is 0.0623. The zero-order chi connectivity index (χ0) is 22.6. The van der Waals surface area contributed by atoms with E-state index in [2.05, 4.69) is 31.9 Å². The summed E-state index contributed by atoms with van der Waals surface area (Å²) in [5, 5.41) is 11.0. The number of thioether (sulfide) groups is 1. The Bertz CT molecular complexity index is 771. The van der Waals surface area contributed by atoms with Crippen molar-refractivity contribution in [2.24, 2.45) is 5.92 Å². The van der Waals surface area contributed by atoms with Gasteiger partial charge in [0.2, 0.25) is 5.91 Å². The molecule has 1 aromatic heterocycles. The number of rotatable bonds is 7. The van der Waals surface area contributed by atoms with Crippen LogP contribution in [0.15, 0.2) is 24.4 Å². The molecule has 2 saturated carbocycles. The van der Waals surface area contributed by atoms with E-state index >= 15 is 0 Å². The monoisotopic (exact) mass is 475 g/mol. The molecule has 0 bridgehead atoms. The maximum atomic E-state index is 14.9. The van der Waals surface area contributed by atoms with E-state index in [0.717, 1.165) is 50.3 Å². The summed E-state index contributed by atoms with van der Waals surface area (Å²) in [5.74, 6) is 0.210. The van der Waals surface area contributed by atoms with Crippen molar-refractivity contribution in [3.8, 4) is 0 Å². The van der Waals surface area contributed by atoms with Crippen molar-refractivity contribution in [3.05, 3.63) is 30.1 Å². The molecule has 0 aromatic carbocycles. The topological polar surface area (TPSA) is 69.3 Å². The maximum absolute atomic E-state index is 14.9. The highest BCUT2D eigenvalue weighted by Crippen LogP contribution is 2.33. The van der Waals surface area contributed by atoms with Crippen LogP contribution in [0.25, 0.3) is 0 Å². The van der Waals surface area contributed by atoms with Gasteiger partial charge in [0.05, 0.1) is 17.8 Å². The summed E-state index contributed by atoms with van der Waals surface area (Å²) in [6.07, 6.45) is 9.32. The number of hydrogen-bond acceptors (Lipinski definition) is 6. The van der Waals surface area contributed by atoms with Gasteiger partial charge in [-0.25, -0.2) is 4.39 Å². The number of likely N-dealkylation sites (tertiary alicyclic amines) is 1. The Hall–Kier alpha value is -1.22.